The Hall–Kier alpha value is -0.350. The summed E-state index contributed by atoms with van der Waals surface area (Å²) < 4.78 is 23.8. The summed E-state index contributed by atoms with van der Waals surface area (Å²) in [6.07, 6.45) is 5.07. The van der Waals surface area contributed by atoms with Crippen LogP contribution in [-0.2, 0) is 9.84 Å². The molecule has 1 aliphatic heterocycles. The second kappa shape index (κ2) is 3.08. The molecule has 0 saturated carbocycles. The van der Waals surface area contributed by atoms with Crippen LogP contribution >= 0.6 is 0 Å². The number of allylic oxidation sites excluding steroid dienone is 1. The normalized spacial score (nSPS) is 41.0. The number of sulfone groups is 1. The van der Waals surface area contributed by atoms with Gasteiger partial charge in [0.25, 0.3) is 0 Å². The molecule has 1 saturated heterocycles. The number of hydrogen-bond acceptors (Lipinski definition) is 3. The molecule has 0 aromatic heterocycles. The zero-order chi connectivity index (χ0) is 11.4. The maximum Gasteiger partial charge on any atom is 0.160 e. The number of nitrogens with zero attached hydrogens (tertiary/aromatic N) is 1. The third-order valence-electron chi connectivity index (χ3n) is 4.04. The summed E-state index contributed by atoms with van der Waals surface area (Å²) in [5, 5.41) is -0.188. The third-order valence-corrected chi connectivity index (χ3v) is 7.13. The molecule has 1 fully saturated rings. The van der Waals surface area contributed by atoms with Crippen LogP contribution in [0.3, 0.4) is 0 Å². The summed E-state index contributed by atoms with van der Waals surface area (Å²) in [6.45, 7) is 3.71. The van der Waals surface area contributed by atoms with Gasteiger partial charge in [0, 0.05) is 6.04 Å². The van der Waals surface area contributed by atoms with Gasteiger partial charge < -0.3 is 4.90 Å². The predicted molar refractivity (Wildman–Crippen MR) is 61.5 cm³/mol. The molecule has 3 atom stereocenters. The summed E-state index contributed by atoms with van der Waals surface area (Å²) in [6, 6.07) is 0.0572. The van der Waals surface area contributed by atoms with Gasteiger partial charge in [0.2, 0.25) is 0 Å². The monoisotopic (exact) mass is 229 g/mol. The topological polar surface area (TPSA) is 37.4 Å². The first-order chi connectivity index (χ1) is 6.80. The van der Waals surface area contributed by atoms with Crippen LogP contribution in [0.1, 0.15) is 20.3 Å². The zero-order valence-electron chi connectivity index (χ0n) is 9.77. The van der Waals surface area contributed by atoms with E-state index in [1.807, 2.05) is 38.9 Å². The first-order valence-electron chi connectivity index (χ1n) is 5.36. The second-order valence-electron chi connectivity index (χ2n) is 5.34. The van der Waals surface area contributed by atoms with Crippen LogP contribution in [0.5, 0.6) is 0 Å². The molecule has 0 aromatic rings. The fraction of sp³-hybridized carbons (Fsp3) is 0.818. The van der Waals surface area contributed by atoms with Crippen LogP contribution in [0.4, 0.5) is 0 Å². The highest BCUT2D eigenvalue weighted by Crippen LogP contribution is 2.51. The molecule has 0 amide bonds. The molecule has 1 aliphatic carbocycles. The van der Waals surface area contributed by atoms with Crippen molar-refractivity contribution in [1.29, 1.82) is 0 Å². The molecule has 0 spiro atoms. The lowest BCUT2D eigenvalue weighted by molar-refractivity contribution is 0.214. The SMILES string of the molecule is CN(C)[C@@H]1C=CC[C@@H]2[C@@H]1S(=O)(=O)C2(C)C. The molecule has 2 rings (SSSR count). The van der Waals surface area contributed by atoms with E-state index in [2.05, 4.69) is 6.08 Å². The quantitative estimate of drug-likeness (QED) is 0.631. The molecule has 0 radical (unpaired) electrons. The number of likely N-dealkylation sites (N-methyl/N-ethyl adjacent to an activating group) is 1. The Balaban J connectivity index is 2.40. The standard InChI is InChI=1S/C11H19NO2S/c1-11(2)8-6-5-7-9(12(3)4)10(8)15(11,13)14/h5,7-10H,6H2,1-4H3/t8-,9-,10+/m1/s1. The minimum absolute atomic E-state index is 0.0572. The highest BCUT2D eigenvalue weighted by atomic mass is 32.2. The maximum atomic E-state index is 12.2. The van der Waals surface area contributed by atoms with E-state index >= 15 is 0 Å². The van der Waals surface area contributed by atoms with Crippen molar-refractivity contribution in [3.63, 3.8) is 0 Å². The highest BCUT2D eigenvalue weighted by Gasteiger charge is 2.64. The van der Waals surface area contributed by atoms with Crippen molar-refractivity contribution in [3.05, 3.63) is 12.2 Å². The van der Waals surface area contributed by atoms with E-state index in [1.165, 1.54) is 0 Å². The molecule has 15 heavy (non-hydrogen) atoms. The summed E-state index contributed by atoms with van der Waals surface area (Å²) in [7, 11) is 0.938. The molecule has 3 nitrogen and oxygen atoms in total. The molecule has 0 N–H and O–H groups in total. The first-order valence-corrected chi connectivity index (χ1v) is 6.91. The Bertz CT molecular complexity index is 395. The average molecular weight is 229 g/mol. The van der Waals surface area contributed by atoms with Crippen molar-refractivity contribution >= 4 is 9.84 Å². The lowest BCUT2D eigenvalue weighted by Crippen LogP contribution is -2.68. The minimum atomic E-state index is -2.95. The minimum Gasteiger partial charge on any atom is -0.302 e. The zero-order valence-corrected chi connectivity index (χ0v) is 10.6. The van der Waals surface area contributed by atoms with E-state index in [1.54, 1.807) is 0 Å². The smallest absolute Gasteiger partial charge is 0.160 e. The van der Waals surface area contributed by atoms with Gasteiger partial charge in [-0.05, 0) is 40.3 Å². The van der Waals surface area contributed by atoms with Gasteiger partial charge in [-0.1, -0.05) is 12.2 Å². The molecular formula is C11H19NO2S. The van der Waals surface area contributed by atoms with E-state index in [-0.39, 0.29) is 11.3 Å². The lowest BCUT2D eigenvalue weighted by atomic mass is 9.80. The van der Waals surface area contributed by atoms with Gasteiger partial charge in [-0.3, -0.25) is 0 Å². The molecule has 1 heterocycles. The number of fused-ring (bicyclic) bond motifs is 1. The van der Waals surface area contributed by atoms with Gasteiger partial charge in [0.05, 0.1) is 10.00 Å². The van der Waals surface area contributed by atoms with Gasteiger partial charge >= 0.3 is 0 Å². The molecule has 0 aromatic carbocycles. The third kappa shape index (κ3) is 1.24. The summed E-state index contributed by atoms with van der Waals surface area (Å²) in [5.74, 6) is 0.292. The Kier molecular flexibility index (Phi) is 2.29. The van der Waals surface area contributed by atoms with Crippen molar-refractivity contribution in [3.8, 4) is 0 Å². The van der Waals surface area contributed by atoms with Gasteiger partial charge in [-0.15, -0.1) is 0 Å². The fourth-order valence-electron chi connectivity index (χ4n) is 2.88. The van der Waals surface area contributed by atoms with E-state index in [0.29, 0.717) is 5.92 Å². The van der Waals surface area contributed by atoms with E-state index in [0.717, 1.165) is 6.42 Å². The van der Waals surface area contributed by atoms with Gasteiger partial charge in [0.1, 0.15) is 0 Å². The van der Waals surface area contributed by atoms with Crippen molar-refractivity contribution in [2.24, 2.45) is 5.92 Å². The van der Waals surface area contributed by atoms with Gasteiger partial charge in [-0.2, -0.15) is 0 Å². The molecule has 0 unspecified atom stereocenters. The predicted octanol–water partition coefficient (Wildman–Crippen LogP) is 1.07. The summed E-state index contributed by atoms with van der Waals surface area (Å²) in [4.78, 5) is 2.00. The van der Waals surface area contributed by atoms with E-state index < -0.39 is 14.6 Å². The van der Waals surface area contributed by atoms with Crippen molar-refractivity contribution in [1.82, 2.24) is 4.90 Å². The molecule has 2 aliphatic rings. The Morgan fingerprint density at radius 1 is 1.33 bits per heavy atom. The van der Waals surface area contributed by atoms with Crippen LogP contribution in [0, 0.1) is 5.92 Å². The van der Waals surface area contributed by atoms with Gasteiger partial charge in [-0.25, -0.2) is 8.42 Å². The van der Waals surface area contributed by atoms with Crippen LogP contribution in [0.25, 0.3) is 0 Å². The lowest BCUT2D eigenvalue weighted by Gasteiger charge is -2.55. The first kappa shape index (κ1) is 11.1. The van der Waals surface area contributed by atoms with Crippen molar-refractivity contribution in [2.45, 2.75) is 36.3 Å². The van der Waals surface area contributed by atoms with Crippen molar-refractivity contribution < 1.29 is 8.42 Å². The summed E-state index contributed by atoms with van der Waals surface area (Å²) >= 11 is 0. The molecule has 86 valence electrons. The largest absolute Gasteiger partial charge is 0.302 e. The number of hydrogen-bond donors (Lipinski definition) is 0. The van der Waals surface area contributed by atoms with Crippen LogP contribution in [0.2, 0.25) is 0 Å². The van der Waals surface area contributed by atoms with Gasteiger partial charge in [0.15, 0.2) is 9.84 Å². The van der Waals surface area contributed by atoms with E-state index in [9.17, 15) is 8.42 Å². The highest BCUT2D eigenvalue weighted by molar-refractivity contribution is 7.95. The average Bonchev–Trinajstić information content (AvgIpc) is 2.16. The number of rotatable bonds is 1. The molecule has 4 heteroatoms. The van der Waals surface area contributed by atoms with E-state index in [4.69, 9.17) is 0 Å². The maximum absolute atomic E-state index is 12.2. The Morgan fingerprint density at radius 2 is 1.93 bits per heavy atom. The van der Waals surface area contributed by atoms with Crippen LogP contribution < -0.4 is 0 Å². The van der Waals surface area contributed by atoms with Crippen molar-refractivity contribution in [2.75, 3.05) is 14.1 Å². The Labute approximate surface area is 92.1 Å². The molecular weight excluding hydrogens is 210 g/mol. The van der Waals surface area contributed by atoms with Crippen LogP contribution in [0.15, 0.2) is 12.2 Å². The fourth-order valence-corrected chi connectivity index (χ4v) is 5.61. The summed E-state index contributed by atoms with van der Waals surface area (Å²) in [5.41, 5.74) is 0. The molecule has 0 bridgehead atoms. The second-order valence-corrected chi connectivity index (χ2v) is 8.02. The Morgan fingerprint density at radius 3 is 2.47 bits per heavy atom. The van der Waals surface area contributed by atoms with Crippen LogP contribution in [-0.4, -0.2) is 43.5 Å².